The van der Waals surface area contributed by atoms with Gasteiger partial charge in [-0.3, -0.25) is 4.79 Å². The normalized spacial score (nSPS) is 41.3. The molecule has 0 aromatic heterocycles. The summed E-state index contributed by atoms with van der Waals surface area (Å²) in [6.45, 7) is 6.15. The average molecular weight is 417 g/mol. The maximum absolute atomic E-state index is 12.0. The Kier molecular flexibility index (Phi) is 5.71. The quantitative estimate of drug-likeness (QED) is 0.506. The number of rotatable bonds is 5. The summed E-state index contributed by atoms with van der Waals surface area (Å²) < 4.78 is 5.89. The number of allylic oxidation sites excluding steroid dienone is 2. The second kappa shape index (κ2) is 8.01. The van der Waals surface area contributed by atoms with Gasteiger partial charge in [0, 0.05) is 11.8 Å². The van der Waals surface area contributed by atoms with Crippen molar-refractivity contribution < 1.29 is 24.3 Å². The largest absolute Gasteiger partial charge is 0.546 e. The molecule has 4 aliphatic carbocycles. The molecule has 3 fully saturated rings. The molecular weight excluding hydrogens is 382 g/mol. The number of carbonyl (C=O) groups is 2. The van der Waals surface area contributed by atoms with E-state index in [-0.39, 0.29) is 22.9 Å². The minimum absolute atomic E-state index is 0.0650. The van der Waals surface area contributed by atoms with Gasteiger partial charge in [-0.15, -0.1) is 0 Å². The van der Waals surface area contributed by atoms with Gasteiger partial charge in [-0.05, 0) is 80.6 Å². The molecule has 0 unspecified atom stereocenters. The van der Waals surface area contributed by atoms with Crippen LogP contribution in [0.3, 0.4) is 0 Å². The van der Waals surface area contributed by atoms with Crippen molar-refractivity contribution >= 4 is 17.7 Å². The maximum atomic E-state index is 12.0. The van der Waals surface area contributed by atoms with Crippen LogP contribution in [-0.4, -0.2) is 30.4 Å². The van der Waals surface area contributed by atoms with Gasteiger partial charge in [-0.2, -0.15) is 0 Å². The molecule has 0 spiro atoms. The number of aliphatic carboxylic acids is 1. The summed E-state index contributed by atoms with van der Waals surface area (Å²) in [5, 5.41) is 14.6. The highest BCUT2D eigenvalue weighted by molar-refractivity contribution is 5.96. The molecular formula is C24H34NO5-. The third-order valence-corrected chi connectivity index (χ3v) is 8.82. The first-order chi connectivity index (χ1) is 14.3. The Hall–Kier alpha value is -1.85. The van der Waals surface area contributed by atoms with Crippen LogP contribution in [0.1, 0.15) is 78.6 Å². The summed E-state index contributed by atoms with van der Waals surface area (Å²) in [5.41, 5.74) is 2.58. The van der Waals surface area contributed by atoms with E-state index >= 15 is 0 Å². The first-order valence-corrected chi connectivity index (χ1v) is 11.6. The van der Waals surface area contributed by atoms with Gasteiger partial charge in [0.2, 0.25) is 0 Å². The van der Waals surface area contributed by atoms with E-state index < -0.39 is 12.6 Å². The lowest BCUT2D eigenvalue weighted by Gasteiger charge is -2.58. The van der Waals surface area contributed by atoms with Gasteiger partial charge in [0.25, 0.3) is 0 Å². The zero-order valence-corrected chi connectivity index (χ0v) is 18.4. The molecule has 0 aromatic rings. The van der Waals surface area contributed by atoms with Gasteiger partial charge in [0.15, 0.2) is 6.61 Å². The first kappa shape index (κ1) is 21.4. The molecule has 6 atom stereocenters. The van der Waals surface area contributed by atoms with Crippen molar-refractivity contribution in [3.05, 3.63) is 11.6 Å². The Labute approximate surface area is 179 Å². The molecule has 0 aliphatic heterocycles. The van der Waals surface area contributed by atoms with Crippen molar-refractivity contribution in [2.45, 2.75) is 84.7 Å². The summed E-state index contributed by atoms with van der Waals surface area (Å²) in [5.74, 6) is 0.652. The van der Waals surface area contributed by atoms with E-state index in [4.69, 9.17) is 9.57 Å². The van der Waals surface area contributed by atoms with Crippen LogP contribution in [-0.2, 0) is 19.2 Å². The topological polar surface area (TPSA) is 88.0 Å². The number of nitrogens with zero attached hydrogens (tertiary/aromatic N) is 1. The SMILES string of the molecule is CCC(=O)O[C@H]1CC[C@H]2[C@H]3CCC4=CC(=NOCC(=O)[O-])CC[C@]4(C)[C@@H]3CC[C@]12C. The van der Waals surface area contributed by atoms with Crippen LogP contribution in [0.15, 0.2) is 16.8 Å². The molecule has 0 radical (unpaired) electrons. The summed E-state index contributed by atoms with van der Waals surface area (Å²) >= 11 is 0. The highest BCUT2D eigenvalue weighted by atomic mass is 16.6. The van der Waals surface area contributed by atoms with E-state index in [0.29, 0.717) is 24.2 Å². The molecule has 0 heterocycles. The number of carboxylic acid groups (broad SMARTS) is 1. The van der Waals surface area contributed by atoms with Crippen LogP contribution in [0, 0.1) is 28.6 Å². The fourth-order valence-corrected chi connectivity index (χ4v) is 7.20. The molecule has 0 saturated heterocycles. The number of carboxylic acids is 1. The summed E-state index contributed by atoms with van der Waals surface area (Å²) in [6, 6.07) is 0. The molecule has 6 heteroatoms. The van der Waals surface area contributed by atoms with E-state index in [1.165, 1.54) is 18.4 Å². The Morgan fingerprint density at radius 1 is 1.13 bits per heavy atom. The zero-order chi connectivity index (χ0) is 21.5. The van der Waals surface area contributed by atoms with Gasteiger partial charge in [-0.25, -0.2) is 0 Å². The van der Waals surface area contributed by atoms with Gasteiger partial charge in [-0.1, -0.05) is 31.5 Å². The monoisotopic (exact) mass is 416 g/mol. The van der Waals surface area contributed by atoms with Crippen molar-refractivity contribution in [3.63, 3.8) is 0 Å². The number of hydrogen-bond donors (Lipinski definition) is 0. The minimum atomic E-state index is -1.25. The van der Waals surface area contributed by atoms with Crippen molar-refractivity contribution in [2.24, 2.45) is 33.7 Å². The molecule has 4 aliphatic rings. The molecule has 30 heavy (non-hydrogen) atoms. The van der Waals surface area contributed by atoms with Crippen LogP contribution in [0.4, 0.5) is 0 Å². The number of hydrogen-bond acceptors (Lipinski definition) is 6. The Morgan fingerprint density at radius 3 is 2.67 bits per heavy atom. The molecule has 0 amide bonds. The van der Waals surface area contributed by atoms with Crippen molar-refractivity contribution in [2.75, 3.05) is 6.61 Å². The second-order valence-electron chi connectivity index (χ2n) is 10.2. The number of oxime groups is 1. The average Bonchev–Trinajstić information content (AvgIpc) is 3.04. The van der Waals surface area contributed by atoms with Crippen molar-refractivity contribution in [3.8, 4) is 0 Å². The predicted molar refractivity (Wildman–Crippen MR) is 110 cm³/mol. The van der Waals surface area contributed by atoms with E-state index in [2.05, 4.69) is 25.1 Å². The Balaban J connectivity index is 1.51. The predicted octanol–water partition coefficient (Wildman–Crippen LogP) is 3.39. The lowest BCUT2D eigenvalue weighted by Crippen LogP contribution is -2.51. The molecule has 6 nitrogen and oxygen atoms in total. The highest BCUT2D eigenvalue weighted by Gasteiger charge is 2.59. The van der Waals surface area contributed by atoms with Crippen LogP contribution in [0.2, 0.25) is 0 Å². The summed E-state index contributed by atoms with van der Waals surface area (Å²) in [6.07, 6.45) is 11.2. The fourth-order valence-electron chi connectivity index (χ4n) is 7.20. The lowest BCUT2D eigenvalue weighted by molar-refractivity contribution is -0.309. The number of ether oxygens (including phenoxy) is 1. The Bertz CT molecular complexity index is 774. The van der Waals surface area contributed by atoms with E-state index in [1.807, 2.05) is 6.92 Å². The lowest BCUT2D eigenvalue weighted by atomic mass is 9.47. The van der Waals surface area contributed by atoms with Gasteiger partial charge in [0.05, 0.1) is 11.7 Å². The van der Waals surface area contributed by atoms with Crippen molar-refractivity contribution in [1.29, 1.82) is 0 Å². The molecule has 166 valence electrons. The minimum Gasteiger partial charge on any atom is -0.546 e. The third kappa shape index (κ3) is 3.56. The molecule has 0 N–H and O–H groups in total. The first-order valence-electron chi connectivity index (χ1n) is 11.6. The maximum Gasteiger partial charge on any atom is 0.305 e. The molecule has 4 rings (SSSR count). The van der Waals surface area contributed by atoms with E-state index in [1.54, 1.807) is 0 Å². The zero-order valence-electron chi connectivity index (χ0n) is 18.4. The Morgan fingerprint density at radius 2 is 1.93 bits per heavy atom. The van der Waals surface area contributed by atoms with Gasteiger partial charge in [0.1, 0.15) is 6.10 Å². The fraction of sp³-hybridized carbons (Fsp3) is 0.792. The number of esters is 1. The van der Waals surface area contributed by atoms with Crippen LogP contribution in [0.5, 0.6) is 0 Å². The highest BCUT2D eigenvalue weighted by Crippen LogP contribution is 2.65. The van der Waals surface area contributed by atoms with Crippen LogP contribution in [0.25, 0.3) is 0 Å². The summed E-state index contributed by atoms with van der Waals surface area (Å²) in [4.78, 5) is 27.4. The van der Waals surface area contributed by atoms with Crippen LogP contribution < -0.4 is 5.11 Å². The van der Waals surface area contributed by atoms with Gasteiger partial charge >= 0.3 is 5.97 Å². The second-order valence-corrected chi connectivity index (χ2v) is 10.2. The molecule has 0 aromatic carbocycles. The third-order valence-electron chi connectivity index (χ3n) is 8.82. The van der Waals surface area contributed by atoms with E-state index in [0.717, 1.165) is 44.2 Å². The standard InChI is InChI=1S/C24H35NO5/c1-4-22(28)30-20-8-7-18-17-6-5-15-13-16(25-29-14-21(26)27)9-11-23(15,2)19(17)10-12-24(18,20)3/h13,17-20H,4-12,14H2,1-3H3,(H,26,27)/p-1/t17-,18+,19-,20+,23+,24+/m1/s1. The van der Waals surface area contributed by atoms with Crippen molar-refractivity contribution in [1.82, 2.24) is 0 Å². The number of carbonyl (C=O) groups excluding carboxylic acids is 2. The molecule has 3 saturated carbocycles. The van der Waals surface area contributed by atoms with E-state index in [9.17, 15) is 14.7 Å². The smallest absolute Gasteiger partial charge is 0.305 e. The summed E-state index contributed by atoms with van der Waals surface area (Å²) in [7, 11) is 0. The number of fused-ring (bicyclic) bond motifs is 5. The van der Waals surface area contributed by atoms with Gasteiger partial charge < -0.3 is 19.5 Å². The molecule has 0 bridgehead atoms. The van der Waals surface area contributed by atoms with Crippen LogP contribution >= 0.6 is 0 Å².